The number of benzene rings is 1. The number of fused-ring (bicyclic) bond motifs is 1. The summed E-state index contributed by atoms with van der Waals surface area (Å²) in [5.74, 6) is 1.81. The Hall–Kier alpha value is -1.35. The van der Waals surface area contributed by atoms with Crippen molar-refractivity contribution in [3.8, 4) is 0 Å². The molecule has 0 radical (unpaired) electrons. The van der Waals surface area contributed by atoms with Gasteiger partial charge < -0.3 is 4.98 Å². The minimum absolute atomic E-state index is 0.628. The Balaban J connectivity index is 1.52. The van der Waals surface area contributed by atoms with E-state index in [0.717, 1.165) is 11.6 Å². The predicted molar refractivity (Wildman–Crippen MR) is 68.0 cm³/mol. The second-order valence-electron chi connectivity index (χ2n) is 5.37. The maximum atomic E-state index is 4.69. The third-order valence-corrected chi connectivity index (χ3v) is 4.30. The number of aromatic amines is 1. The molecule has 2 aliphatic rings. The molecule has 1 aromatic carbocycles. The van der Waals surface area contributed by atoms with Crippen molar-refractivity contribution in [3.63, 3.8) is 0 Å². The molecule has 1 saturated heterocycles. The van der Waals surface area contributed by atoms with E-state index in [-0.39, 0.29) is 0 Å². The fraction of sp³-hybridized carbons (Fsp3) is 0.500. The van der Waals surface area contributed by atoms with Crippen LogP contribution in [-0.4, -0.2) is 34.0 Å². The molecule has 1 aliphatic heterocycles. The van der Waals surface area contributed by atoms with Gasteiger partial charge in [-0.15, -0.1) is 0 Å². The summed E-state index contributed by atoms with van der Waals surface area (Å²) in [5.41, 5.74) is 2.27. The van der Waals surface area contributed by atoms with Gasteiger partial charge in [-0.1, -0.05) is 18.6 Å². The number of rotatable bonds is 2. The van der Waals surface area contributed by atoms with Crippen LogP contribution < -0.4 is 0 Å². The van der Waals surface area contributed by atoms with Gasteiger partial charge in [0.15, 0.2) is 0 Å². The Kier molecular flexibility index (Phi) is 2.03. The molecular weight excluding hydrogens is 210 g/mol. The molecule has 0 bridgehead atoms. The first-order valence-corrected chi connectivity index (χ1v) is 6.59. The van der Waals surface area contributed by atoms with Crippen molar-refractivity contribution in [2.75, 3.05) is 13.1 Å². The minimum Gasteiger partial charge on any atom is -0.342 e. The van der Waals surface area contributed by atoms with Crippen molar-refractivity contribution >= 4 is 11.0 Å². The van der Waals surface area contributed by atoms with Crippen LogP contribution in [0.5, 0.6) is 0 Å². The van der Waals surface area contributed by atoms with Crippen LogP contribution in [0.25, 0.3) is 11.0 Å². The zero-order valence-corrected chi connectivity index (χ0v) is 9.89. The molecule has 0 atom stereocenters. The molecule has 0 spiro atoms. The van der Waals surface area contributed by atoms with Gasteiger partial charge in [-0.2, -0.15) is 0 Å². The summed E-state index contributed by atoms with van der Waals surface area (Å²) in [6.07, 6.45) is 4.25. The van der Waals surface area contributed by atoms with Gasteiger partial charge in [0.1, 0.15) is 5.82 Å². The molecule has 1 aromatic heterocycles. The number of imidazole rings is 1. The second-order valence-corrected chi connectivity index (χ2v) is 5.37. The van der Waals surface area contributed by atoms with E-state index in [0.29, 0.717) is 5.92 Å². The van der Waals surface area contributed by atoms with Crippen molar-refractivity contribution in [3.05, 3.63) is 30.1 Å². The van der Waals surface area contributed by atoms with Crippen LogP contribution in [0.2, 0.25) is 0 Å². The van der Waals surface area contributed by atoms with Gasteiger partial charge in [-0.25, -0.2) is 4.98 Å². The Morgan fingerprint density at radius 2 is 2.00 bits per heavy atom. The van der Waals surface area contributed by atoms with E-state index >= 15 is 0 Å². The molecule has 1 aliphatic carbocycles. The van der Waals surface area contributed by atoms with Gasteiger partial charge in [0, 0.05) is 25.0 Å². The number of nitrogens with zero attached hydrogens (tertiary/aromatic N) is 2. The fourth-order valence-electron chi connectivity index (χ4n) is 2.90. The second kappa shape index (κ2) is 3.57. The molecule has 3 nitrogen and oxygen atoms in total. The van der Waals surface area contributed by atoms with E-state index in [2.05, 4.69) is 28.1 Å². The molecule has 2 fully saturated rings. The van der Waals surface area contributed by atoms with Crippen LogP contribution in [0.15, 0.2) is 24.3 Å². The Morgan fingerprint density at radius 1 is 1.18 bits per heavy atom. The predicted octanol–water partition coefficient (Wildman–Crippen LogP) is 2.51. The lowest BCUT2D eigenvalue weighted by Gasteiger charge is -2.47. The van der Waals surface area contributed by atoms with Crippen LogP contribution in [0.3, 0.4) is 0 Å². The van der Waals surface area contributed by atoms with Crippen molar-refractivity contribution in [2.24, 2.45) is 0 Å². The van der Waals surface area contributed by atoms with E-state index in [1.54, 1.807) is 0 Å². The molecule has 4 rings (SSSR count). The molecule has 0 unspecified atom stereocenters. The first-order chi connectivity index (χ1) is 8.40. The molecule has 0 amide bonds. The van der Waals surface area contributed by atoms with Gasteiger partial charge in [-0.05, 0) is 25.0 Å². The van der Waals surface area contributed by atoms with Crippen LogP contribution in [-0.2, 0) is 0 Å². The summed E-state index contributed by atoms with van der Waals surface area (Å²) in [5, 5.41) is 0. The average molecular weight is 227 g/mol. The van der Waals surface area contributed by atoms with Gasteiger partial charge in [0.2, 0.25) is 0 Å². The summed E-state index contributed by atoms with van der Waals surface area (Å²) in [7, 11) is 0. The molecular formula is C14H17N3. The first-order valence-electron chi connectivity index (χ1n) is 6.59. The van der Waals surface area contributed by atoms with Gasteiger partial charge in [0.25, 0.3) is 0 Å². The van der Waals surface area contributed by atoms with E-state index in [9.17, 15) is 0 Å². The fourth-order valence-corrected chi connectivity index (χ4v) is 2.90. The number of hydrogen-bond acceptors (Lipinski definition) is 2. The first kappa shape index (κ1) is 9.66. The summed E-state index contributed by atoms with van der Waals surface area (Å²) in [6, 6.07) is 9.18. The molecule has 3 heteroatoms. The molecule has 88 valence electrons. The monoisotopic (exact) mass is 227 g/mol. The quantitative estimate of drug-likeness (QED) is 0.855. The number of para-hydroxylation sites is 2. The minimum atomic E-state index is 0.628. The standard InChI is InChI=1S/C14H17N3/c1-2-7-13-12(6-1)15-14(16-13)10-8-17(9-10)11-4-3-5-11/h1-2,6-7,10-11H,3-5,8-9H2,(H,15,16). The van der Waals surface area contributed by atoms with Gasteiger partial charge in [-0.3, -0.25) is 4.90 Å². The summed E-state index contributed by atoms with van der Waals surface area (Å²) >= 11 is 0. The number of hydrogen-bond donors (Lipinski definition) is 1. The lowest BCUT2D eigenvalue weighted by atomic mass is 9.86. The van der Waals surface area contributed by atoms with Crippen molar-refractivity contribution in [1.82, 2.24) is 14.9 Å². The number of aromatic nitrogens is 2. The summed E-state index contributed by atoms with van der Waals surface area (Å²) in [6.45, 7) is 2.40. The van der Waals surface area contributed by atoms with Crippen LogP contribution in [0.4, 0.5) is 0 Å². The summed E-state index contributed by atoms with van der Waals surface area (Å²) in [4.78, 5) is 10.8. The smallest absolute Gasteiger partial charge is 0.112 e. The van der Waals surface area contributed by atoms with E-state index < -0.39 is 0 Å². The lowest BCUT2D eigenvalue weighted by molar-refractivity contribution is 0.0452. The SMILES string of the molecule is c1ccc2[nH]c(C3CN(C4CCC4)C3)nc2c1. The highest BCUT2D eigenvalue weighted by Crippen LogP contribution is 2.34. The highest BCUT2D eigenvalue weighted by Gasteiger charge is 2.36. The average Bonchev–Trinajstić information content (AvgIpc) is 2.62. The largest absolute Gasteiger partial charge is 0.342 e. The van der Waals surface area contributed by atoms with Crippen molar-refractivity contribution < 1.29 is 0 Å². The topological polar surface area (TPSA) is 31.9 Å². The Labute approximate surface area is 101 Å². The highest BCUT2D eigenvalue weighted by molar-refractivity contribution is 5.74. The molecule has 2 aromatic rings. The molecule has 1 saturated carbocycles. The molecule has 2 heterocycles. The zero-order chi connectivity index (χ0) is 11.2. The van der Waals surface area contributed by atoms with Crippen molar-refractivity contribution in [2.45, 2.75) is 31.2 Å². The van der Waals surface area contributed by atoms with Crippen LogP contribution in [0, 0.1) is 0 Å². The third-order valence-electron chi connectivity index (χ3n) is 4.30. The normalized spacial score (nSPS) is 22.6. The number of nitrogens with one attached hydrogen (secondary N) is 1. The zero-order valence-electron chi connectivity index (χ0n) is 9.89. The maximum absolute atomic E-state index is 4.69. The Morgan fingerprint density at radius 3 is 2.71 bits per heavy atom. The van der Waals surface area contributed by atoms with E-state index in [1.165, 1.54) is 43.7 Å². The molecule has 17 heavy (non-hydrogen) atoms. The van der Waals surface area contributed by atoms with Gasteiger partial charge >= 0.3 is 0 Å². The summed E-state index contributed by atoms with van der Waals surface area (Å²) < 4.78 is 0. The third kappa shape index (κ3) is 1.49. The molecule has 1 N–H and O–H groups in total. The number of likely N-dealkylation sites (tertiary alicyclic amines) is 1. The van der Waals surface area contributed by atoms with Crippen LogP contribution >= 0.6 is 0 Å². The van der Waals surface area contributed by atoms with E-state index in [4.69, 9.17) is 4.98 Å². The number of H-pyrrole nitrogens is 1. The maximum Gasteiger partial charge on any atom is 0.112 e. The van der Waals surface area contributed by atoms with Gasteiger partial charge in [0.05, 0.1) is 11.0 Å². The lowest BCUT2D eigenvalue weighted by Crippen LogP contribution is -2.53. The van der Waals surface area contributed by atoms with E-state index in [1.807, 2.05) is 6.07 Å². The van der Waals surface area contributed by atoms with Crippen molar-refractivity contribution in [1.29, 1.82) is 0 Å². The highest BCUT2D eigenvalue weighted by atomic mass is 15.2. The Bertz CT molecular complexity index is 502. The van der Waals surface area contributed by atoms with Crippen LogP contribution in [0.1, 0.15) is 31.0 Å².